The lowest BCUT2D eigenvalue weighted by Crippen LogP contribution is -2.46. The van der Waals surface area contributed by atoms with Gasteiger partial charge in [-0.3, -0.25) is 0 Å². The quantitative estimate of drug-likeness (QED) is 0.547. The van der Waals surface area contributed by atoms with Crippen molar-refractivity contribution in [2.24, 2.45) is 21.6 Å². The molecule has 168 valence electrons. The molecule has 3 aliphatic carbocycles. The first-order valence-electron chi connectivity index (χ1n) is 11.9. The summed E-state index contributed by atoms with van der Waals surface area (Å²) in [5, 5.41) is 10.0. The fraction of sp³-hybridized carbons (Fsp3) is 0.310. The van der Waals surface area contributed by atoms with Crippen molar-refractivity contribution in [1.82, 2.24) is 4.90 Å². The van der Waals surface area contributed by atoms with Gasteiger partial charge >= 0.3 is 0 Å². The number of nitrogens with zero attached hydrogens (tertiary/aromatic N) is 3. The van der Waals surface area contributed by atoms with Gasteiger partial charge in [0.15, 0.2) is 5.96 Å². The number of rotatable bonds is 1. The Morgan fingerprint density at radius 1 is 0.971 bits per heavy atom. The summed E-state index contributed by atoms with van der Waals surface area (Å²) >= 11 is 6.35. The number of hydrogen-bond donors (Lipinski definition) is 1. The lowest BCUT2D eigenvalue weighted by molar-refractivity contribution is 0.250. The van der Waals surface area contributed by atoms with Gasteiger partial charge in [0.05, 0.1) is 11.6 Å². The number of nitrogens with two attached hydrogens (primary N) is 1. The number of aliphatic imine (C=N–C) groups is 1. The summed E-state index contributed by atoms with van der Waals surface area (Å²) < 4.78 is 0. The molecule has 0 amide bonds. The molecule has 1 heterocycles. The van der Waals surface area contributed by atoms with E-state index in [0.717, 1.165) is 43.4 Å². The normalized spacial score (nSPS) is 30.0. The van der Waals surface area contributed by atoms with E-state index in [9.17, 15) is 5.26 Å². The van der Waals surface area contributed by atoms with Crippen LogP contribution in [0.3, 0.4) is 0 Å². The summed E-state index contributed by atoms with van der Waals surface area (Å²) in [7, 11) is 2.08. The maximum Gasteiger partial charge on any atom is 0.191 e. The van der Waals surface area contributed by atoms with E-state index in [1.54, 1.807) is 6.07 Å². The molecule has 3 aromatic carbocycles. The molecule has 1 aliphatic heterocycles. The Kier molecular flexibility index (Phi) is 3.80. The van der Waals surface area contributed by atoms with E-state index < -0.39 is 0 Å². The van der Waals surface area contributed by atoms with Gasteiger partial charge in [-0.15, -0.1) is 0 Å². The Balaban J connectivity index is 1.44. The molecule has 3 atom stereocenters. The van der Waals surface area contributed by atoms with Gasteiger partial charge in [0, 0.05) is 29.4 Å². The van der Waals surface area contributed by atoms with Gasteiger partial charge in [-0.25, -0.2) is 4.99 Å². The van der Waals surface area contributed by atoms with Crippen molar-refractivity contribution in [2.45, 2.75) is 31.2 Å². The minimum Gasteiger partial charge on any atom is -0.370 e. The fourth-order valence-electron chi connectivity index (χ4n) is 7.82. The monoisotopic (exact) mass is 464 g/mol. The minimum absolute atomic E-state index is 0.0436. The number of guanidine groups is 1. The fourth-order valence-corrected chi connectivity index (χ4v) is 8.05. The van der Waals surface area contributed by atoms with E-state index in [0.29, 0.717) is 16.5 Å². The smallest absolute Gasteiger partial charge is 0.191 e. The predicted octanol–water partition coefficient (Wildman–Crippen LogP) is 5.07. The van der Waals surface area contributed by atoms with Crippen LogP contribution in [0.4, 0.5) is 0 Å². The summed E-state index contributed by atoms with van der Waals surface area (Å²) in [5.74, 6) is 0.638. The van der Waals surface area contributed by atoms with E-state index in [2.05, 4.69) is 60.5 Å². The molecular formula is C29H25ClN4. The number of aryl methyl sites for hydroxylation is 1. The van der Waals surface area contributed by atoms with Crippen LogP contribution in [0.15, 0.2) is 65.7 Å². The Morgan fingerprint density at radius 3 is 2.59 bits per heavy atom. The van der Waals surface area contributed by atoms with E-state index in [4.69, 9.17) is 22.3 Å². The number of benzene rings is 3. The summed E-state index contributed by atoms with van der Waals surface area (Å²) in [4.78, 5) is 7.49. The second kappa shape index (κ2) is 6.43. The van der Waals surface area contributed by atoms with Gasteiger partial charge in [0.1, 0.15) is 5.54 Å². The zero-order valence-corrected chi connectivity index (χ0v) is 19.9. The zero-order chi connectivity index (χ0) is 23.3. The first kappa shape index (κ1) is 20.1. The van der Waals surface area contributed by atoms with Crippen LogP contribution in [0.5, 0.6) is 0 Å². The molecule has 0 radical (unpaired) electrons. The lowest BCUT2D eigenvalue weighted by atomic mass is 9.79. The first-order chi connectivity index (χ1) is 16.4. The van der Waals surface area contributed by atoms with Crippen molar-refractivity contribution in [3.8, 4) is 17.2 Å². The van der Waals surface area contributed by atoms with Crippen LogP contribution < -0.4 is 5.73 Å². The molecule has 4 aliphatic rings. The molecule has 0 bridgehead atoms. The van der Waals surface area contributed by atoms with Gasteiger partial charge in [-0.05, 0) is 83.3 Å². The predicted molar refractivity (Wildman–Crippen MR) is 135 cm³/mol. The molecule has 3 aromatic rings. The van der Waals surface area contributed by atoms with E-state index in [-0.39, 0.29) is 16.4 Å². The number of fused-ring (bicyclic) bond motifs is 2. The highest BCUT2D eigenvalue weighted by Crippen LogP contribution is 2.87. The molecule has 2 N–H and O–H groups in total. The van der Waals surface area contributed by atoms with Gasteiger partial charge in [-0.1, -0.05) is 48.0 Å². The van der Waals surface area contributed by atoms with Crippen molar-refractivity contribution in [2.75, 3.05) is 13.6 Å². The highest BCUT2D eigenvalue weighted by atomic mass is 35.5. The van der Waals surface area contributed by atoms with Crippen molar-refractivity contribution in [3.63, 3.8) is 0 Å². The molecule has 0 saturated heterocycles. The van der Waals surface area contributed by atoms with Crippen LogP contribution >= 0.6 is 11.6 Å². The molecule has 1 fully saturated rings. The third kappa shape index (κ3) is 2.22. The molecule has 3 spiro atoms. The SMILES string of the molecule is CN1CC23Cc4ccccc4CCC24Cc2ccc(-c5cc(Cl)cc(C#N)c5)cc2C43N=C1N. The zero-order valence-electron chi connectivity index (χ0n) is 19.1. The lowest BCUT2D eigenvalue weighted by Gasteiger charge is -2.36. The summed E-state index contributed by atoms with van der Waals surface area (Å²) in [5.41, 5.74) is 14.6. The largest absolute Gasteiger partial charge is 0.370 e. The van der Waals surface area contributed by atoms with Crippen molar-refractivity contribution in [3.05, 3.63) is 93.5 Å². The first-order valence-corrected chi connectivity index (χ1v) is 12.3. The summed E-state index contributed by atoms with van der Waals surface area (Å²) in [6, 6.07) is 23.5. The number of hydrogen-bond acceptors (Lipinski definition) is 4. The van der Waals surface area contributed by atoms with E-state index in [1.165, 1.54) is 22.3 Å². The highest BCUT2D eigenvalue weighted by molar-refractivity contribution is 6.31. The molecule has 4 nitrogen and oxygen atoms in total. The maximum atomic E-state index is 9.44. The Bertz CT molecular complexity index is 1470. The summed E-state index contributed by atoms with van der Waals surface area (Å²) in [6.45, 7) is 0.927. The molecule has 34 heavy (non-hydrogen) atoms. The molecular weight excluding hydrogens is 440 g/mol. The van der Waals surface area contributed by atoms with Crippen molar-refractivity contribution < 1.29 is 0 Å². The second-order valence-electron chi connectivity index (χ2n) is 10.5. The third-order valence-electron chi connectivity index (χ3n) is 9.20. The van der Waals surface area contributed by atoms with E-state index >= 15 is 0 Å². The van der Waals surface area contributed by atoms with Crippen molar-refractivity contribution in [1.29, 1.82) is 5.26 Å². The molecule has 3 unspecified atom stereocenters. The van der Waals surface area contributed by atoms with Gasteiger partial charge in [-0.2, -0.15) is 5.26 Å². The molecule has 5 heteroatoms. The Hall–Kier alpha value is -3.29. The van der Waals surface area contributed by atoms with Crippen LogP contribution in [0.1, 0.15) is 34.2 Å². The molecule has 7 rings (SSSR count). The maximum absolute atomic E-state index is 9.44. The molecule has 0 aromatic heterocycles. The Labute approximate surface area is 204 Å². The van der Waals surface area contributed by atoms with E-state index in [1.807, 2.05) is 12.1 Å². The van der Waals surface area contributed by atoms with Gasteiger partial charge < -0.3 is 10.6 Å². The van der Waals surface area contributed by atoms with Crippen LogP contribution in [0.25, 0.3) is 11.1 Å². The van der Waals surface area contributed by atoms with Crippen LogP contribution in [-0.4, -0.2) is 24.5 Å². The summed E-state index contributed by atoms with van der Waals surface area (Å²) in [6.07, 6.45) is 4.28. The van der Waals surface area contributed by atoms with Crippen LogP contribution in [0.2, 0.25) is 5.02 Å². The average molecular weight is 465 g/mol. The standard InChI is InChI=1S/C29H25ClN4/c1-34-17-28-14-21-5-3-2-4-19(21)8-9-27(28)15-22-7-6-20(13-25(22)29(27,28)33-26(34)32)23-10-18(16-31)11-24(30)12-23/h2-7,10-13H,8-9,14-15,17H2,1H3,(H2,32,33). The topological polar surface area (TPSA) is 65.4 Å². The number of nitriles is 1. The van der Waals surface area contributed by atoms with Crippen LogP contribution in [0, 0.1) is 22.2 Å². The van der Waals surface area contributed by atoms with Crippen molar-refractivity contribution >= 4 is 17.6 Å². The number of halogens is 1. The van der Waals surface area contributed by atoms with Gasteiger partial charge in [0.25, 0.3) is 0 Å². The third-order valence-corrected chi connectivity index (χ3v) is 9.42. The second-order valence-corrected chi connectivity index (χ2v) is 11.0. The van der Waals surface area contributed by atoms with Crippen LogP contribution in [-0.2, 0) is 24.8 Å². The Morgan fingerprint density at radius 2 is 1.76 bits per heavy atom. The molecule has 1 saturated carbocycles. The highest BCUT2D eigenvalue weighted by Gasteiger charge is 2.90. The van der Waals surface area contributed by atoms with Gasteiger partial charge in [0.2, 0.25) is 0 Å². The minimum atomic E-state index is -0.286. The average Bonchev–Trinajstić information content (AvgIpc) is 3.21.